The molecule has 0 heterocycles. The van der Waals surface area contributed by atoms with Gasteiger partial charge in [-0.2, -0.15) is 0 Å². The smallest absolute Gasteiger partial charge is 0.115 e. The summed E-state index contributed by atoms with van der Waals surface area (Å²) in [6.45, 7) is 3.06. The summed E-state index contributed by atoms with van der Waals surface area (Å²) in [7, 11) is 3.93. The predicted octanol–water partition coefficient (Wildman–Crippen LogP) is 1.67. The van der Waals surface area contributed by atoms with Crippen molar-refractivity contribution >= 4 is 0 Å². The lowest BCUT2D eigenvalue weighted by Gasteiger charge is -2.32. The van der Waals surface area contributed by atoms with Gasteiger partial charge in [-0.25, -0.2) is 0 Å². The minimum Gasteiger partial charge on any atom is -0.508 e. The van der Waals surface area contributed by atoms with E-state index in [0.717, 1.165) is 19.3 Å². The van der Waals surface area contributed by atoms with E-state index in [1.165, 1.54) is 11.1 Å². The molecule has 0 saturated carbocycles. The van der Waals surface area contributed by atoms with Crippen LogP contribution >= 0.6 is 0 Å². The summed E-state index contributed by atoms with van der Waals surface area (Å²) in [6, 6.07) is 5.88. The van der Waals surface area contributed by atoms with E-state index in [1.54, 1.807) is 6.07 Å². The van der Waals surface area contributed by atoms with Gasteiger partial charge in [0.15, 0.2) is 0 Å². The van der Waals surface area contributed by atoms with Crippen molar-refractivity contribution < 1.29 is 10.2 Å². The Bertz CT molecular complexity index is 458. The third kappa shape index (κ3) is 3.95. The van der Waals surface area contributed by atoms with Gasteiger partial charge in [-0.3, -0.25) is 0 Å². The molecular formula is C16H26N2O2. The molecule has 0 radical (unpaired) electrons. The largest absolute Gasteiger partial charge is 0.508 e. The molecule has 0 spiro atoms. The highest BCUT2D eigenvalue weighted by molar-refractivity contribution is 5.38. The number of benzene rings is 1. The molecule has 3 N–H and O–H groups in total. The quantitative estimate of drug-likeness (QED) is 0.767. The Morgan fingerprint density at radius 2 is 2.15 bits per heavy atom. The SMILES string of the molecule is CN(C)CC(C)(O)CNC1CCCc2cc(O)ccc21. The predicted molar refractivity (Wildman–Crippen MR) is 81.0 cm³/mol. The molecule has 2 unspecified atom stereocenters. The van der Waals surface area contributed by atoms with Gasteiger partial charge in [0.25, 0.3) is 0 Å². The van der Waals surface area contributed by atoms with Crippen LogP contribution in [0.1, 0.15) is 36.9 Å². The first-order chi connectivity index (χ1) is 9.37. The number of rotatable bonds is 5. The van der Waals surface area contributed by atoms with Gasteiger partial charge in [0, 0.05) is 19.1 Å². The molecule has 1 aliphatic rings. The Hall–Kier alpha value is -1.10. The number of hydrogen-bond acceptors (Lipinski definition) is 4. The van der Waals surface area contributed by atoms with Crippen molar-refractivity contribution in [2.45, 2.75) is 37.8 Å². The van der Waals surface area contributed by atoms with Crippen LogP contribution < -0.4 is 5.32 Å². The van der Waals surface area contributed by atoms with Crippen LogP contribution in [0.3, 0.4) is 0 Å². The summed E-state index contributed by atoms with van der Waals surface area (Å²) in [5.41, 5.74) is 1.74. The number of nitrogens with one attached hydrogen (secondary N) is 1. The second kappa shape index (κ2) is 6.12. The minimum atomic E-state index is -0.738. The fraction of sp³-hybridized carbons (Fsp3) is 0.625. The third-order valence-corrected chi connectivity index (χ3v) is 3.83. The van der Waals surface area contributed by atoms with E-state index in [1.807, 2.05) is 38.1 Å². The molecule has 0 bridgehead atoms. The van der Waals surface area contributed by atoms with Gasteiger partial charge in [0.05, 0.1) is 5.60 Å². The molecule has 0 amide bonds. The number of phenols is 1. The van der Waals surface area contributed by atoms with Crippen LogP contribution in [-0.2, 0) is 6.42 Å². The Morgan fingerprint density at radius 1 is 1.40 bits per heavy atom. The standard InChI is InChI=1S/C16H26N2O2/c1-16(20,11-18(2)3)10-17-15-6-4-5-12-9-13(19)7-8-14(12)15/h7-9,15,17,19-20H,4-6,10-11H2,1-3H3. The zero-order chi connectivity index (χ0) is 14.8. The molecule has 4 nitrogen and oxygen atoms in total. The van der Waals surface area contributed by atoms with E-state index < -0.39 is 5.60 Å². The second-order valence-corrected chi connectivity index (χ2v) is 6.44. The molecule has 1 aromatic carbocycles. The zero-order valence-corrected chi connectivity index (χ0v) is 12.7. The Labute approximate surface area is 121 Å². The minimum absolute atomic E-state index is 0.271. The van der Waals surface area contributed by atoms with Gasteiger partial charge in [-0.1, -0.05) is 6.07 Å². The summed E-state index contributed by atoms with van der Waals surface area (Å²) in [5.74, 6) is 0.337. The molecule has 1 aliphatic carbocycles. The number of aromatic hydroxyl groups is 1. The molecule has 20 heavy (non-hydrogen) atoms. The second-order valence-electron chi connectivity index (χ2n) is 6.44. The van der Waals surface area contributed by atoms with Crippen molar-refractivity contribution in [3.05, 3.63) is 29.3 Å². The van der Waals surface area contributed by atoms with Crippen LogP contribution in [0.15, 0.2) is 18.2 Å². The molecule has 4 heteroatoms. The number of aryl methyl sites for hydroxylation is 1. The van der Waals surface area contributed by atoms with E-state index in [9.17, 15) is 10.2 Å². The lowest BCUT2D eigenvalue weighted by atomic mass is 9.87. The topological polar surface area (TPSA) is 55.7 Å². The molecular weight excluding hydrogens is 252 g/mol. The monoisotopic (exact) mass is 278 g/mol. The first-order valence-electron chi connectivity index (χ1n) is 7.30. The van der Waals surface area contributed by atoms with Crippen molar-refractivity contribution in [1.82, 2.24) is 10.2 Å². The number of fused-ring (bicyclic) bond motifs is 1. The summed E-state index contributed by atoms with van der Waals surface area (Å²) in [4.78, 5) is 1.99. The van der Waals surface area contributed by atoms with Crippen LogP contribution in [0.2, 0.25) is 0 Å². The van der Waals surface area contributed by atoms with Crippen LogP contribution in [0.25, 0.3) is 0 Å². The van der Waals surface area contributed by atoms with Gasteiger partial charge in [-0.15, -0.1) is 0 Å². The highest BCUT2D eigenvalue weighted by Crippen LogP contribution is 2.32. The molecule has 2 rings (SSSR count). The first-order valence-corrected chi connectivity index (χ1v) is 7.30. The molecule has 0 saturated heterocycles. The average Bonchev–Trinajstić information content (AvgIpc) is 2.34. The lowest BCUT2D eigenvalue weighted by Crippen LogP contribution is -2.46. The number of aliphatic hydroxyl groups is 1. The first kappa shape index (κ1) is 15.3. The maximum Gasteiger partial charge on any atom is 0.115 e. The van der Waals surface area contributed by atoms with E-state index in [4.69, 9.17) is 0 Å². The molecule has 0 aromatic heterocycles. The fourth-order valence-electron chi connectivity index (χ4n) is 3.09. The van der Waals surface area contributed by atoms with Crippen molar-refractivity contribution in [2.75, 3.05) is 27.2 Å². The summed E-state index contributed by atoms with van der Waals surface area (Å²) in [5, 5.41) is 23.4. The van der Waals surface area contributed by atoms with Crippen LogP contribution in [-0.4, -0.2) is 47.9 Å². The number of phenolic OH excluding ortho intramolecular Hbond substituents is 1. The average molecular weight is 278 g/mol. The van der Waals surface area contributed by atoms with E-state index in [-0.39, 0.29) is 6.04 Å². The number of nitrogens with zero attached hydrogens (tertiary/aromatic N) is 1. The summed E-state index contributed by atoms with van der Waals surface area (Å²) in [6.07, 6.45) is 3.22. The van der Waals surface area contributed by atoms with Crippen LogP contribution in [0, 0.1) is 0 Å². The maximum atomic E-state index is 10.4. The maximum absolute atomic E-state index is 10.4. The van der Waals surface area contributed by atoms with Crippen LogP contribution in [0.5, 0.6) is 5.75 Å². The number of hydrogen-bond donors (Lipinski definition) is 3. The van der Waals surface area contributed by atoms with Crippen molar-refractivity contribution in [1.29, 1.82) is 0 Å². The normalized spacial score (nSPS) is 21.6. The van der Waals surface area contributed by atoms with Gasteiger partial charge < -0.3 is 20.4 Å². The molecule has 0 aliphatic heterocycles. The third-order valence-electron chi connectivity index (χ3n) is 3.83. The van der Waals surface area contributed by atoms with Crippen molar-refractivity contribution in [3.8, 4) is 5.75 Å². The van der Waals surface area contributed by atoms with Crippen molar-refractivity contribution in [2.24, 2.45) is 0 Å². The van der Waals surface area contributed by atoms with Gasteiger partial charge in [0.2, 0.25) is 0 Å². The molecule has 2 atom stereocenters. The van der Waals surface area contributed by atoms with E-state index >= 15 is 0 Å². The molecule has 0 fully saturated rings. The van der Waals surface area contributed by atoms with Crippen LogP contribution in [0.4, 0.5) is 0 Å². The molecule has 1 aromatic rings. The number of likely N-dealkylation sites (N-methyl/N-ethyl adjacent to an activating group) is 1. The molecule has 112 valence electrons. The van der Waals surface area contributed by atoms with E-state index in [2.05, 4.69) is 5.32 Å². The Morgan fingerprint density at radius 3 is 2.85 bits per heavy atom. The Balaban J connectivity index is 2.02. The van der Waals surface area contributed by atoms with Gasteiger partial charge in [0.1, 0.15) is 5.75 Å². The van der Waals surface area contributed by atoms with Gasteiger partial charge in [-0.05, 0) is 63.5 Å². The summed E-state index contributed by atoms with van der Waals surface area (Å²) >= 11 is 0. The van der Waals surface area contributed by atoms with Gasteiger partial charge >= 0.3 is 0 Å². The van der Waals surface area contributed by atoms with Crippen molar-refractivity contribution in [3.63, 3.8) is 0 Å². The highest BCUT2D eigenvalue weighted by Gasteiger charge is 2.25. The zero-order valence-electron chi connectivity index (χ0n) is 12.7. The fourth-order valence-corrected chi connectivity index (χ4v) is 3.09. The lowest BCUT2D eigenvalue weighted by molar-refractivity contribution is 0.0307. The Kier molecular flexibility index (Phi) is 4.68. The summed E-state index contributed by atoms with van der Waals surface area (Å²) < 4.78 is 0. The van der Waals surface area contributed by atoms with E-state index in [0.29, 0.717) is 18.8 Å². The highest BCUT2D eigenvalue weighted by atomic mass is 16.3.